The van der Waals surface area contributed by atoms with E-state index in [1.165, 1.54) is 21.4 Å². The van der Waals surface area contributed by atoms with Crippen molar-refractivity contribution in [2.24, 2.45) is 0 Å². The molecule has 20 heavy (non-hydrogen) atoms. The molecule has 0 bridgehead atoms. The molecule has 0 unspecified atom stereocenters. The zero-order valence-electron chi connectivity index (χ0n) is 12.2. The number of amides is 1. The maximum Gasteiger partial charge on any atom is 0.407 e. The molecule has 0 aliphatic carbocycles. The average molecular weight is 272 g/mol. The van der Waals surface area contributed by atoms with E-state index in [1.807, 2.05) is 6.07 Å². The minimum absolute atomic E-state index is 0.00169. The number of rotatable bonds is 0. The van der Waals surface area contributed by atoms with E-state index < -0.39 is 6.09 Å². The molecule has 0 saturated heterocycles. The second-order valence-corrected chi connectivity index (χ2v) is 6.44. The monoisotopic (exact) mass is 272 g/mol. The quantitative estimate of drug-likeness (QED) is 0.798. The molecule has 0 spiro atoms. The summed E-state index contributed by atoms with van der Waals surface area (Å²) < 4.78 is 2.29. The second-order valence-electron chi connectivity index (χ2n) is 6.44. The van der Waals surface area contributed by atoms with Gasteiger partial charge in [0, 0.05) is 29.7 Å². The highest BCUT2D eigenvalue weighted by Gasteiger charge is 2.30. The Morgan fingerprint density at radius 2 is 1.90 bits per heavy atom. The highest BCUT2D eigenvalue weighted by atomic mass is 16.4. The molecule has 1 aliphatic rings. The smallest absolute Gasteiger partial charge is 0.407 e. The van der Waals surface area contributed by atoms with Crippen LogP contribution in [-0.2, 0) is 18.5 Å². The molecule has 1 N–H and O–H groups in total. The molecule has 1 aliphatic heterocycles. The predicted molar refractivity (Wildman–Crippen MR) is 79.1 cm³/mol. The van der Waals surface area contributed by atoms with Crippen LogP contribution in [0.4, 0.5) is 4.79 Å². The minimum Gasteiger partial charge on any atom is -0.465 e. The summed E-state index contributed by atoms with van der Waals surface area (Å²) in [6.45, 7) is 8.35. The van der Waals surface area contributed by atoms with Crippen molar-refractivity contribution in [3.63, 3.8) is 0 Å². The first-order valence-corrected chi connectivity index (χ1v) is 6.98. The van der Waals surface area contributed by atoms with Crippen molar-refractivity contribution in [3.05, 3.63) is 35.5 Å². The number of hydrogen-bond acceptors (Lipinski definition) is 1. The molecule has 1 amide bonds. The summed E-state index contributed by atoms with van der Waals surface area (Å²) in [5.41, 5.74) is 3.64. The van der Waals surface area contributed by atoms with Gasteiger partial charge >= 0.3 is 6.09 Å². The normalized spacial score (nSPS) is 15.4. The molecule has 2 aromatic rings. The molecule has 0 fully saturated rings. The highest BCUT2D eigenvalue weighted by Crippen LogP contribution is 2.37. The molecule has 0 saturated carbocycles. The molecule has 0 atom stereocenters. The van der Waals surface area contributed by atoms with Crippen LogP contribution in [0.25, 0.3) is 10.9 Å². The van der Waals surface area contributed by atoms with Crippen LogP contribution >= 0.6 is 0 Å². The molecule has 3 rings (SSSR count). The van der Waals surface area contributed by atoms with Gasteiger partial charge in [0.25, 0.3) is 0 Å². The first kappa shape index (κ1) is 13.0. The van der Waals surface area contributed by atoms with E-state index in [2.05, 4.69) is 43.5 Å². The molecule has 2 heterocycles. The summed E-state index contributed by atoms with van der Waals surface area (Å²) in [7, 11) is 0. The third kappa shape index (κ3) is 1.87. The lowest BCUT2D eigenvalue weighted by molar-refractivity contribution is 0.132. The Bertz CT molecular complexity index is 680. The summed E-state index contributed by atoms with van der Waals surface area (Å²) in [5.74, 6) is 0. The molecule has 4 nitrogen and oxygen atoms in total. The lowest BCUT2D eigenvalue weighted by Crippen LogP contribution is -2.38. The first-order valence-electron chi connectivity index (χ1n) is 6.98. The second kappa shape index (κ2) is 4.27. The van der Waals surface area contributed by atoms with E-state index >= 15 is 0 Å². The van der Waals surface area contributed by atoms with Crippen LogP contribution in [0.1, 0.15) is 32.0 Å². The average Bonchev–Trinajstić information content (AvgIpc) is 2.71. The summed E-state index contributed by atoms with van der Waals surface area (Å²) in [4.78, 5) is 12.8. The largest absolute Gasteiger partial charge is 0.465 e. The molecule has 1 aromatic heterocycles. The zero-order chi connectivity index (χ0) is 14.5. The van der Waals surface area contributed by atoms with Gasteiger partial charge in [0.05, 0.1) is 6.54 Å². The fourth-order valence-electron chi connectivity index (χ4n) is 3.26. The Hall–Kier alpha value is -1.97. The van der Waals surface area contributed by atoms with Gasteiger partial charge < -0.3 is 14.6 Å². The van der Waals surface area contributed by atoms with E-state index in [4.69, 9.17) is 0 Å². The van der Waals surface area contributed by atoms with E-state index in [0.717, 1.165) is 12.2 Å². The van der Waals surface area contributed by atoms with Crippen LogP contribution in [0.5, 0.6) is 0 Å². The third-order valence-electron chi connectivity index (χ3n) is 4.03. The van der Waals surface area contributed by atoms with Crippen LogP contribution in [0.15, 0.2) is 24.3 Å². The van der Waals surface area contributed by atoms with Crippen molar-refractivity contribution in [2.75, 3.05) is 6.54 Å². The predicted octanol–water partition coefficient (Wildman–Crippen LogP) is 3.43. The maximum atomic E-state index is 11.3. The van der Waals surface area contributed by atoms with Crippen molar-refractivity contribution in [1.82, 2.24) is 9.47 Å². The lowest BCUT2D eigenvalue weighted by Gasteiger charge is -2.30. The molecular formula is C16H20N2O2. The molecule has 1 aromatic carbocycles. The van der Waals surface area contributed by atoms with Gasteiger partial charge in [-0.2, -0.15) is 0 Å². The number of carboxylic acid groups (broad SMARTS) is 1. The number of benzene rings is 1. The van der Waals surface area contributed by atoms with E-state index in [-0.39, 0.29) is 5.41 Å². The van der Waals surface area contributed by atoms with Gasteiger partial charge in [-0.15, -0.1) is 0 Å². The Balaban J connectivity index is 2.26. The number of para-hydroxylation sites is 1. The summed E-state index contributed by atoms with van der Waals surface area (Å²) in [5, 5.41) is 10.5. The van der Waals surface area contributed by atoms with Gasteiger partial charge in [0.1, 0.15) is 0 Å². The highest BCUT2D eigenvalue weighted by molar-refractivity contribution is 5.87. The zero-order valence-corrected chi connectivity index (χ0v) is 12.2. The van der Waals surface area contributed by atoms with Crippen LogP contribution in [0.3, 0.4) is 0 Å². The molecule has 4 heteroatoms. The van der Waals surface area contributed by atoms with Gasteiger partial charge in [-0.25, -0.2) is 4.79 Å². The van der Waals surface area contributed by atoms with Gasteiger partial charge in [-0.3, -0.25) is 0 Å². The molecule has 0 radical (unpaired) electrons. The summed E-state index contributed by atoms with van der Waals surface area (Å²) >= 11 is 0. The minimum atomic E-state index is -0.832. The van der Waals surface area contributed by atoms with Crippen molar-refractivity contribution >= 4 is 17.0 Å². The standard InChI is InChI=1S/C16H20N2O2/c1-16(2,3)14-11-6-4-5-7-12(11)18-9-8-17(15(19)20)10-13(14)18/h4-7H,8-10H2,1-3H3,(H,19,20). The van der Waals surface area contributed by atoms with E-state index in [0.29, 0.717) is 13.1 Å². The van der Waals surface area contributed by atoms with Crippen molar-refractivity contribution in [1.29, 1.82) is 0 Å². The maximum absolute atomic E-state index is 11.3. The summed E-state index contributed by atoms with van der Waals surface area (Å²) in [6.07, 6.45) is -0.832. The number of hydrogen-bond donors (Lipinski definition) is 1. The Morgan fingerprint density at radius 1 is 1.20 bits per heavy atom. The Morgan fingerprint density at radius 3 is 2.55 bits per heavy atom. The number of carbonyl (C=O) groups is 1. The van der Waals surface area contributed by atoms with Crippen LogP contribution in [0.2, 0.25) is 0 Å². The van der Waals surface area contributed by atoms with Crippen LogP contribution in [0, 0.1) is 0 Å². The molecule has 106 valence electrons. The van der Waals surface area contributed by atoms with E-state index in [1.54, 1.807) is 0 Å². The summed E-state index contributed by atoms with van der Waals surface area (Å²) in [6, 6.07) is 8.38. The van der Waals surface area contributed by atoms with Crippen molar-refractivity contribution in [2.45, 2.75) is 39.3 Å². The van der Waals surface area contributed by atoms with E-state index in [9.17, 15) is 9.90 Å². The Kier molecular flexibility index (Phi) is 2.78. The van der Waals surface area contributed by atoms with Crippen LogP contribution < -0.4 is 0 Å². The fraction of sp³-hybridized carbons (Fsp3) is 0.438. The van der Waals surface area contributed by atoms with Crippen molar-refractivity contribution < 1.29 is 9.90 Å². The SMILES string of the molecule is CC(C)(C)c1c2n(c3ccccc13)CCN(C(=O)O)C2. The van der Waals surface area contributed by atoms with Gasteiger partial charge in [0.15, 0.2) is 0 Å². The van der Waals surface area contributed by atoms with Gasteiger partial charge in [-0.05, 0) is 17.0 Å². The topological polar surface area (TPSA) is 45.5 Å². The first-order chi connectivity index (χ1) is 9.39. The molecular weight excluding hydrogens is 252 g/mol. The third-order valence-corrected chi connectivity index (χ3v) is 4.03. The fourth-order valence-corrected chi connectivity index (χ4v) is 3.26. The lowest BCUT2D eigenvalue weighted by atomic mass is 9.84. The number of fused-ring (bicyclic) bond motifs is 3. The van der Waals surface area contributed by atoms with Gasteiger partial charge in [0.2, 0.25) is 0 Å². The number of nitrogens with zero attached hydrogens (tertiary/aromatic N) is 2. The number of aromatic nitrogens is 1. The van der Waals surface area contributed by atoms with Gasteiger partial charge in [-0.1, -0.05) is 39.0 Å². The Labute approximate surface area is 118 Å². The van der Waals surface area contributed by atoms with Crippen molar-refractivity contribution in [3.8, 4) is 0 Å². The van der Waals surface area contributed by atoms with Crippen LogP contribution in [-0.4, -0.2) is 27.2 Å².